The molecule has 0 amide bonds. The first-order chi connectivity index (χ1) is 26.3. The van der Waals surface area contributed by atoms with Gasteiger partial charge in [0, 0.05) is 11.1 Å². The maximum atomic E-state index is 14.9. The molecule has 7 heteroatoms. The molecule has 0 heterocycles. The van der Waals surface area contributed by atoms with Gasteiger partial charge in [-0.05, 0) is 86.8 Å². The van der Waals surface area contributed by atoms with E-state index in [-0.39, 0.29) is 29.1 Å². The van der Waals surface area contributed by atoms with Gasteiger partial charge >= 0.3 is 11.9 Å². The van der Waals surface area contributed by atoms with Crippen LogP contribution in [0.5, 0.6) is 11.5 Å². The van der Waals surface area contributed by atoms with Gasteiger partial charge in [-0.15, -0.1) is 0 Å². The number of carbonyl (C=O) groups is 2. The molecule has 0 unspecified atom stereocenters. The normalized spacial score (nSPS) is 11.4. The second-order valence-electron chi connectivity index (χ2n) is 14.4. The van der Waals surface area contributed by atoms with E-state index in [2.05, 4.69) is 25.7 Å². The Morgan fingerprint density at radius 3 is 1.61 bits per heavy atom. The summed E-state index contributed by atoms with van der Waals surface area (Å²) in [6, 6.07) is 14.6. The highest BCUT2D eigenvalue weighted by molar-refractivity contribution is 5.91. The molecule has 0 fully saturated rings. The highest BCUT2D eigenvalue weighted by Crippen LogP contribution is 2.23. The molecule has 5 nitrogen and oxygen atoms in total. The molecule has 0 bridgehead atoms. The molecular formula is C47H62F2O5. The SMILES string of the molecule is CCCCCCCCCCCCCCCCOc1ccc(C(=O)Oc2ccc(C#Cc3ccc(C(=O)O[C@@H](C)CCCCCCC)cc3)cc2F)cc1F. The predicted molar refractivity (Wildman–Crippen MR) is 214 cm³/mol. The molecule has 294 valence electrons. The molecule has 0 aliphatic rings. The second-order valence-corrected chi connectivity index (χ2v) is 14.4. The Morgan fingerprint density at radius 2 is 1.04 bits per heavy atom. The van der Waals surface area contributed by atoms with Crippen molar-refractivity contribution in [1.82, 2.24) is 0 Å². The molecule has 54 heavy (non-hydrogen) atoms. The van der Waals surface area contributed by atoms with Crippen molar-refractivity contribution in [2.45, 2.75) is 155 Å². The molecule has 3 rings (SSSR count). The van der Waals surface area contributed by atoms with E-state index in [1.807, 2.05) is 6.92 Å². The fourth-order valence-corrected chi connectivity index (χ4v) is 6.22. The average molecular weight is 745 g/mol. The van der Waals surface area contributed by atoms with Crippen molar-refractivity contribution >= 4 is 11.9 Å². The van der Waals surface area contributed by atoms with Crippen LogP contribution in [0.2, 0.25) is 0 Å². The van der Waals surface area contributed by atoms with Gasteiger partial charge in [0.05, 0.1) is 23.8 Å². The predicted octanol–water partition coefficient (Wildman–Crippen LogP) is 13.3. The van der Waals surface area contributed by atoms with Crippen LogP contribution in [0.4, 0.5) is 8.78 Å². The Balaban J connectivity index is 1.35. The monoisotopic (exact) mass is 744 g/mol. The van der Waals surface area contributed by atoms with Gasteiger partial charge in [0.1, 0.15) is 0 Å². The number of rotatable bonds is 26. The number of halogens is 2. The van der Waals surface area contributed by atoms with Gasteiger partial charge in [0.15, 0.2) is 23.1 Å². The standard InChI is InChI=1S/C47H62F2O5/c1-4-6-8-10-11-12-13-14-15-16-17-18-20-22-34-52-44-33-31-41(36-43(44)49)47(51)54-45-32-28-39(35-42(45)48)25-24-38-26-29-40(30-27-38)46(50)53-37(3)23-21-19-9-7-5-2/h26-33,35-37H,4-23,34H2,1-3H3/t37-/m0/s1. The Morgan fingerprint density at radius 1 is 0.556 bits per heavy atom. The first-order valence-electron chi connectivity index (χ1n) is 20.6. The lowest BCUT2D eigenvalue weighted by Crippen LogP contribution is -2.15. The summed E-state index contributed by atoms with van der Waals surface area (Å²) in [5, 5.41) is 0. The van der Waals surface area contributed by atoms with Crippen LogP contribution >= 0.6 is 0 Å². The average Bonchev–Trinajstić information content (AvgIpc) is 3.17. The van der Waals surface area contributed by atoms with Crippen LogP contribution < -0.4 is 9.47 Å². The van der Waals surface area contributed by atoms with Crippen LogP contribution in [0, 0.1) is 23.5 Å². The Hall–Kier alpha value is -4.18. The molecule has 3 aromatic rings. The molecule has 0 radical (unpaired) electrons. The number of esters is 2. The van der Waals surface area contributed by atoms with Crippen molar-refractivity contribution in [3.63, 3.8) is 0 Å². The van der Waals surface area contributed by atoms with E-state index in [9.17, 15) is 18.4 Å². The molecule has 0 aliphatic heterocycles. The van der Waals surface area contributed by atoms with Gasteiger partial charge in [-0.1, -0.05) is 135 Å². The van der Waals surface area contributed by atoms with E-state index in [4.69, 9.17) is 14.2 Å². The topological polar surface area (TPSA) is 61.8 Å². The zero-order valence-corrected chi connectivity index (χ0v) is 33.0. The minimum atomic E-state index is -0.884. The smallest absolute Gasteiger partial charge is 0.343 e. The minimum Gasteiger partial charge on any atom is -0.491 e. The molecule has 0 saturated carbocycles. The van der Waals surface area contributed by atoms with E-state index in [0.717, 1.165) is 44.6 Å². The van der Waals surface area contributed by atoms with Crippen LogP contribution in [-0.4, -0.2) is 24.6 Å². The van der Waals surface area contributed by atoms with Crippen molar-refractivity contribution in [2.24, 2.45) is 0 Å². The summed E-state index contributed by atoms with van der Waals surface area (Å²) in [4.78, 5) is 25.2. The van der Waals surface area contributed by atoms with Gasteiger partial charge in [0.25, 0.3) is 0 Å². The number of ether oxygens (including phenoxy) is 3. The number of unbranched alkanes of at least 4 members (excludes halogenated alkanes) is 17. The van der Waals surface area contributed by atoms with Gasteiger partial charge in [-0.25, -0.2) is 18.4 Å². The Bertz CT molecular complexity index is 1590. The maximum Gasteiger partial charge on any atom is 0.343 e. The molecule has 0 aliphatic carbocycles. The molecule has 1 atom stereocenters. The molecular weight excluding hydrogens is 683 g/mol. The quantitative estimate of drug-likeness (QED) is 0.0354. The van der Waals surface area contributed by atoms with Crippen LogP contribution in [-0.2, 0) is 4.74 Å². The van der Waals surface area contributed by atoms with Crippen LogP contribution in [0.3, 0.4) is 0 Å². The number of hydrogen-bond donors (Lipinski definition) is 0. The summed E-state index contributed by atoms with van der Waals surface area (Å²) in [5.74, 6) is 2.91. The zero-order valence-electron chi connectivity index (χ0n) is 33.0. The summed E-state index contributed by atoms with van der Waals surface area (Å²) in [6.07, 6.45) is 24.1. The first kappa shape index (κ1) is 44.2. The van der Waals surface area contributed by atoms with Crippen LogP contribution in [0.15, 0.2) is 60.7 Å². The number of benzene rings is 3. The largest absolute Gasteiger partial charge is 0.491 e. The Labute approximate surface area is 323 Å². The first-order valence-corrected chi connectivity index (χ1v) is 20.6. The fourth-order valence-electron chi connectivity index (χ4n) is 6.22. The van der Waals surface area contributed by atoms with E-state index >= 15 is 0 Å². The third-order valence-electron chi connectivity index (χ3n) is 9.55. The molecule has 3 aromatic carbocycles. The molecule has 0 N–H and O–H groups in total. The summed E-state index contributed by atoms with van der Waals surface area (Å²) < 4.78 is 46.0. The highest BCUT2D eigenvalue weighted by Gasteiger charge is 2.16. The number of hydrogen-bond acceptors (Lipinski definition) is 5. The van der Waals surface area contributed by atoms with Crippen molar-refractivity contribution in [1.29, 1.82) is 0 Å². The molecule has 0 spiro atoms. The van der Waals surface area contributed by atoms with Gasteiger partial charge in [-0.2, -0.15) is 0 Å². The van der Waals surface area contributed by atoms with Crippen molar-refractivity contribution in [3.05, 3.63) is 94.6 Å². The maximum absolute atomic E-state index is 14.9. The second kappa shape index (κ2) is 26.6. The van der Waals surface area contributed by atoms with E-state index in [1.54, 1.807) is 24.3 Å². The summed E-state index contributed by atoms with van der Waals surface area (Å²) in [7, 11) is 0. The van der Waals surface area contributed by atoms with Crippen LogP contribution in [0.25, 0.3) is 0 Å². The van der Waals surface area contributed by atoms with E-state index in [0.29, 0.717) is 23.3 Å². The van der Waals surface area contributed by atoms with Crippen molar-refractivity contribution in [2.75, 3.05) is 6.61 Å². The third kappa shape index (κ3) is 17.8. The lowest BCUT2D eigenvalue weighted by Gasteiger charge is -2.13. The zero-order chi connectivity index (χ0) is 38.8. The lowest BCUT2D eigenvalue weighted by molar-refractivity contribution is 0.0319. The summed E-state index contributed by atoms with van der Waals surface area (Å²) in [6.45, 7) is 6.75. The van der Waals surface area contributed by atoms with Crippen molar-refractivity contribution in [3.8, 4) is 23.3 Å². The van der Waals surface area contributed by atoms with Gasteiger partial charge in [0.2, 0.25) is 0 Å². The summed E-state index contributed by atoms with van der Waals surface area (Å²) >= 11 is 0. The minimum absolute atomic E-state index is 0.0520. The van der Waals surface area contributed by atoms with Gasteiger partial charge in [-0.3, -0.25) is 0 Å². The fraction of sp³-hybridized carbons (Fsp3) is 0.532. The Kier molecular flexibility index (Phi) is 21.8. The van der Waals surface area contributed by atoms with Crippen molar-refractivity contribution < 1.29 is 32.6 Å². The van der Waals surface area contributed by atoms with E-state index in [1.165, 1.54) is 120 Å². The lowest BCUT2D eigenvalue weighted by atomic mass is 10.0. The number of carbonyl (C=O) groups excluding carboxylic acids is 2. The molecule has 0 saturated heterocycles. The van der Waals surface area contributed by atoms with Gasteiger partial charge < -0.3 is 14.2 Å². The third-order valence-corrected chi connectivity index (χ3v) is 9.55. The molecule has 0 aromatic heterocycles. The summed E-state index contributed by atoms with van der Waals surface area (Å²) in [5.41, 5.74) is 1.40. The van der Waals surface area contributed by atoms with Crippen LogP contribution in [0.1, 0.15) is 181 Å². The van der Waals surface area contributed by atoms with E-state index < -0.39 is 17.6 Å². The highest BCUT2D eigenvalue weighted by atomic mass is 19.1.